The third-order valence-corrected chi connectivity index (χ3v) is 3.97. The molecule has 0 atom stereocenters. The van der Waals surface area contributed by atoms with Crippen molar-refractivity contribution in [2.45, 2.75) is 10.4 Å². The predicted octanol–water partition coefficient (Wildman–Crippen LogP) is 1.87. The molecule has 3 N–H and O–H groups in total. The van der Waals surface area contributed by atoms with E-state index in [4.69, 9.17) is 5.73 Å². The van der Waals surface area contributed by atoms with Crippen molar-refractivity contribution >= 4 is 38.1 Å². The van der Waals surface area contributed by atoms with Gasteiger partial charge in [0.25, 0.3) is 9.84 Å². The lowest BCUT2D eigenvalue weighted by molar-refractivity contribution is -0.0436. The summed E-state index contributed by atoms with van der Waals surface area (Å²) >= 11 is 1.48. The maximum Gasteiger partial charge on any atom is 0.501 e. The van der Waals surface area contributed by atoms with Crippen LogP contribution >= 0.6 is 22.6 Å². The lowest BCUT2D eigenvalue weighted by Gasteiger charge is -2.10. The average molecular weight is 367 g/mol. The number of anilines is 1. The average Bonchev–Trinajstić information content (AvgIpc) is 2.11. The van der Waals surface area contributed by atoms with E-state index in [1.807, 2.05) is 0 Å². The molecule has 90 valence electrons. The first-order chi connectivity index (χ1) is 7.07. The summed E-state index contributed by atoms with van der Waals surface area (Å²) in [4.78, 5) is -0.986. The summed E-state index contributed by atoms with van der Waals surface area (Å²) in [6.07, 6.45) is 0. The second-order valence-corrected chi connectivity index (χ2v) is 5.90. The highest BCUT2D eigenvalue weighted by Crippen LogP contribution is 2.35. The first kappa shape index (κ1) is 13.4. The largest absolute Gasteiger partial charge is 0.505 e. The number of rotatable bonds is 1. The summed E-state index contributed by atoms with van der Waals surface area (Å²) in [5, 5.41) is 9.19. The Hall–Kier alpha value is -0.710. The minimum atomic E-state index is -5.43. The fourth-order valence-corrected chi connectivity index (χ4v) is 2.56. The Balaban J connectivity index is 3.49. The van der Waals surface area contributed by atoms with Crippen molar-refractivity contribution < 1.29 is 26.7 Å². The minimum Gasteiger partial charge on any atom is -0.505 e. The van der Waals surface area contributed by atoms with Crippen LogP contribution in [0.2, 0.25) is 0 Å². The molecular formula is C7H5F3INO3S. The van der Waals surface area contributed by atoms with E-state index in [-0.39, 0.29) is 3.57 Å². The smallest absolute Gasteiger partial charge is 0.501 e. The van der Waals surface area contributed by atoms with E-state index in [1.165, 1.54) is 22.6 Å². The van der Waals surface area contributed by atoms with Gasteiger partial charge >= 0.3 is 5.51 Å². The van der Waals surface area contributed by atoms with Crippen molar-refractivity contribution in [3.63, 3.8) is 0 Å². The number of sulfone groups is 1. The zero-order valence-electron chi connectivity index (χ0n) is 7.42. The van der Waals surface area contributed by atoms with Crippen LogP contribution in [-0.2, 0) is 9.84 Å². The summed E-state index contributed by atoms with van der Waals surface area (Å²) in [5.74, 6) is -0.443. The molecule has 4 nitrogen and oxygen atoms in total. The third-order valence-electron chi connectivity index (χ3n) is 1.68. The zero-order valence-corrected chi connectivity index (χ0v) is 10.4. The molecule has 0 aliphatic heterocycles. The molecule has 0 bridgehead atoms. The summed E-state index contributed by atoms with van der Waals surface area (Å²) in [7, 11) is -5.43. The van der Waals surface area contributed by atoms with Gasteiger partial charge in [0.15, 0.2) is 5.75 Å². The van der Waals surface area contributed by atoms with Crippen molar-refractivity contribution in [1.29, 1.82) is 0 Å². The quantitative estimate of drug-likeness (QED) is 0.451. The van der Waals surface area contributed by atoms with Gasteiger partial charge in [-0.3, -0.25) is 0 Å². The van der Waals surface area contributed by atoms with Crippen molar-refractivity contribution in [3.8, 4) is 5.75 Å². The molecule has 0 aliphatic carbocycles. The van der Waals surface area contributed by atoms with Crippen LogP contribution in [0.4, 0.5) is 18.9 Å². The van der Waals surface area contributed by atoms with Crippen LogP contribution in [0.5, 0.6) is 5.75 Å². The molecule has 0 aromatic heterocycles. The van der Waals surface area contributed by atoms with Crippen molar-refractivity contribution in [2.24, 2.45) is 0 Å². The molecular weight excluding hydrogens is 362 g/mol. The topological polar surface area (TPSA) is 80.4 Å². The van der Waals surface area contributed by atoms with Gasteiger partial charge in [0.1, 0.15) is 0 Å². The normalized spacial score (nSPS) is 12.8. The van der Waals surface area contributed by atoms with E-state index in [9.17, 15) is 26.7 Å². The highest BCUT2D eigenvalue weighted by atomic mass is 127. The van der Waals surface area contributed by atoms with Gasteiger partial charge in [-0.25, -0.2) is 8.42 Å². The number of phenolic OH excluding ortho intramolecular Hbond substituents is 1. The number of nitrogen functional groups attached to an aromatic ring is 1. The third kappa shape index (κ3) is 2.19. The van der Waals surface area contributed by atoms with Crippen LogP contribution in [0.25, 0.3) is 0 Å². The SMILES string of the molecule is Nc1cc(S(=O)(=O)C(F)(F)F)cc(I)c1O. The van der Waals surface area contributed by atoms with Crippen molar-refractivity contribution in [3.05, 3.63) is 15.7 Å². The summed E-state index contributed by atoms with van der Waals surface area (Å²) in [5.41, 5.74) is -0.636. The molecule has 0 saturated heterocycles. The molecule has 1 rings (SSSR count). The van der Waals surface area contributed by atoms with Gasteiger partial charge in [0, 0.05) is 0 Å². The Bertz CT molecular complexity index is 503. The molecule has 9 heteroatoms. The van der Waals surface area contributed by atoms with Gasteiger partial charge in [-0.2, -0.15) is 13.2 Å². The molecule has 0 spiro atoms. The van der Waals surface area contributed by atoms with Crippen molar-refractivity contribution in [1.82, 2.24) is 0 Å². The van der Waals surface area contributed by atoms with Gasteiger partial charge < -0.3 is 10.8 Å². The molecule has 0 heterocycles. The van der Waals surface area contributed by atoms with E-state index in [0.29, 0.717) is 12.1 Å². The van der Waals surface area contributed by atoms with Gasteiger partial charge in [0.05, 0.1) is 14.2 Å². The van der Waals surface area contributed by atoms with E-state index in [2.05, 4.69) is 0 Å². The van der Waals surface area contributed by atoms with E-state index < -0.39 is 31.7 Å². The van der Waals surface area contributed by atoms with Gasteiger partial charge in [-0.1, -0.05) is 0 Å². The summed E-state index contributed by atoms with van der Waals surface area (Å²) in [6, 6.07) is 1.27. The minimum absolute atomic E-state index is 0.0691. The highest BCUT2D eigenvalue weighted by Gasteiger charge is 2.47. The van der Waals surface area contributed by atoms with Crippen LogP contribution in [0, 0.1) is 3.57 Å². The molecule has 0 amide bonds. The van der Waals surface area contributed by atoms with Crippen LogP contribution < -0.4 is 5.73 Å². The number of hydrogen-bond donors (Lipinski definition) is 2. The zero-order chi connectivity index (χ0) is 12.7. The first-order valence-corrected chi connectivity index (χ1v) is 6.23. The second kappa shape index (κ2) is 3.95. The Labute approximate surface area is 102 Å². The molecule has 1 aromatic carbocycles. The Morgan fingerprint density at radius 1 is 1.31 bits per heavy atom. The number of aromatic hydroxyl groups is 1. The van der Waals surface area contributed by atoms with Crippen LogP contribution in [0.3, 0.4) is 0 Å². The highest BCUT2D eigenvalue weighted by molar-refractivity contribution is 14.1. The van der Waals surface area contributed by atoms with Gasteiger partial charge in [0.2, 0.25) is 0 Å². The molecule has 0 saturated carbocycles. The second-order valence-electron chi connectivity index (χ2n) is 2.79. The van der Waals surface area contributed by atoms with E-state index in [0.717, 1.165) is 0 Å². The molecule has 0 fully saturated rings. The number of hydrogen-bond acceptors (Lipinski definition) is 4. The molecule has 1 aromatic rings. The first-order valence-electron chi connectivity index (χ1n) is 3.66. The van der Waals surface area contributed by atoms with E-state index in [1.54, 1.807) is 0 Å². The van der Waals surface area contributed by atoms with Crippen LogP contribution in [0.1, 0.15) is 0 Å². The number of nitrogens with two attached hydrogens (primary N) is 1. The fourth-order valence-electron chi connectivity index (χ4n) is 0.883. The summed E-state index contributed by atoms with van der Waals surface area (Å²) < 4.78 is 58.5. The molecule has 0 unspecified atom stereocenters. The Morgan fingerprint density at radius 3 is 2.19 bits per heavy atom. The molecule has 0 radical (unpaired) electrons. The fraction of sp³-hybridized carbons (Fsp3) is 0.143. The monoisotopic (exact) mass is 367 g/mol. The maximum absolute atomic E-state index is 12.2. The lowest BCUT2D eigenvalue weighted by Crippen LogP contribution is -2.23. The van der Waals surface area contributed by atoms with Crippen molar-refractivity contribution in [2.75, 3.05) is 5.73 Å². The standard InChI is InChI=1S/C7H5F3INO3S/c8-7(9,10)16(14,15)3-1-4(11)6(13)5(12)2-3/h1-2,13H,12H2. The number of benzene rings is 1. The van der Waals surface area contributed by atoms with Gasteiger partial charge in [-0.05, 0) is 34.7 Å². The number of phenols is 1. The number of alkyl halides is 3. The Kier molecular flexibility index (Phi) is 3.29. The summed E-state index contributed by atoms with van der Waals surface area (Å²) in [6.45, 7) is 0. The predicted molar refractivity (Wildman–Crippen MR) is 58.5 cm³/mol. The number of halogens is 4. The molecule has 0 aliphatic rings. The van der Waals surface area contributed by atoms with Crippen LogP contribution in [-0.4, -0.2) is 19.0 Å². The molecule has 16 heavy (non-hydrogen) atoms. The lowest BCUT2D eigenvalue weighted by atomic mass is 10.3. The van der Waals surface area contributed by atoms with Crippen LogP contribution in [0.15, 0.2) is 17.0 Å². The van der Waals surface area contributed by atoms with E-state index >= 15 is 0 Å². The Morgan fingerprint density at radius 2 is 1.81 bits per heavy atom. The van der Waals surface area contributed by atoms with Gasteiger partial charge in [-0.15, -0.1) is 0 Å². The maximum atomic E-state index is 12.2.